The molecule has 0 spiro atoms. The number of nitrogens with zero attached hydrogens (tertiary/aromatic N) is 4. The minimum absolute atomic E-state index is 0.293. The van der Waals surface area contributed by atoms with E-state index in [1.807, 2.05) is 0 Å². The Labute approximate surface area is 85.5 Å². The molecule has 0 saturated carbocycles. The van der Waals surface area contributed by atoms with E-state index in [-0.39, 0.29) is 0 Å². The monoisotopic (exact) mass is 204 g/mol. The Hall–Kier alpha value is -2.24. The molecule has 76 valence electrons. The summed E-state index contributed by atoms with van der Waals surface area (Å²) in [5.41, 5.74) is 1.18. The number of hydrogen-bond donors (Lipinski definition) is 0. The lowest BCUT2D eigenvalue weighted by molar-refractivity contribution is 0.112. The van der Waals surface area contributed by atoms with Crippen LogP contribution in [0.15, 0.2) is 24.8 Å². The third kappa shape index (κ3) is 1.83. The van der Waals surface area contributed by atoms with Crippen molar-refractivity contribution in [2.45, 2.75) is 0 Å². The highest BCUT2D eigenvalue weighted by molar-refractivity contribution is 5.73. The summed E-state index contributed by atoms with van der Waals surface area (Å²) in [7, 11) is 1.49. The topological polar surface area (TPSA) is 69.9 Å². The Morgan fingerprint density at radius 3 is 2.60 bits per heavy atom. The van der Waals surface area contributed by atoms with Crippen molar-refractivity contribution in [3.05, 3.63) is 30.4 Å². The molecule has 2 aromatic rings. The first kappa shape index (κ1) is 9.32. The fourth-order valence-corrected chi connectivity index (χ4v) is 1.07. The lowest BCUT2D eigenvalue weighted by Crippen LogP contribution is -1.98. The normalized spacial score (nSPS) is 9.93. The van der Waals surface area contributed by atoms with Gasteiger partial charge in [-0.05, 0) is 0 Å². The smallest absolute Gasteiger partial charge is 0.316 e. The van der Waals surface area contributed by atoms with E-state index < -0.39 is 0 Å². The summed E-state index contributed by atoms with van der Waals surface area (Å²) in [4.78, 5) is 18.3. The average Bonchev–Trinajstić information content (AvgIpc) is 2.78. The van der Waals surface area contributed by atoms with Gasteiger partial charge in [-0.3, -0.25) is 4.79 Å². The van der Waals surface area contributed by atoms with Gasteiger partial charge in [-0.25, -0.2) is 14.6 Å². The largest absolute Gasteiger partial charge is 0.467 e. The van der Waals surface area contributed by atoms with E-state index in [2.05, 4.69) is 15.1 Å². The Morgan fingerprint density at radius 2 is 2.07 bits per heavy atom. The van der Waals surface area contributed by atoms with Gasteiger partial charge >= 0.3 is 6.01 Å². The van der Waals surface area contributed by atoms with Crippen LogP contribution in [0.4, 0.5) is 0 Å². The molecule has 0 atom stereocenters. The molecule has 0 aromatic carbocycles. The first-order valence-electron chi connectivity index (χ1n) is 4.20. The van der Waals surface area contributed by atoms with E-state index in [4.69, 9.17) is 4.74 Å². The maximum Gasteiger partial charge on any atom is 0.316 e. The Morgan fingerprint density at radius 1 is 1.33 bits per heavy atom. The van der Waals surface area contributed by atoms with Crippen LogP contribution in [0.25, 0.3) is 5.69 Å². The summed E-state index contributed by atoms with van der Waals surface area (Å²) >= 11 is 0. The van der Waals surface area contributed by atoms with Crippen molar-refractivity contribution < 1.29 is 9.53 Å². The van der Waals surface area contributed by atoms with Crippen molar-refractivity contribution in [3.63, 3.8) is 0 Å². The summed E-state index contributed by atoms with van der Waals surface area (Å²) in [5.74, 6) is 0. The summed E-state index contributed by atoms with van der Waals surface area (Å²) in [6.07, 6.45) is 6.92. The van der Waals surface area contributed by atoms with Crippen molar-refractivity contribution in [1.82, 2.24) is 19.7 Å². The molecule has 0 fully saturated rings. The third-order valence-corrected chi connectivity index (χ3v) is 1.80. The molecule has 2 aromatic heterocycles. The molecule has 6 nitrogen and oxygen atoms in total. The van der Waals surface area contributed by atoms with Crippen LogP contribution in [-0.4, -0.2) is 33.1 Å². The highest BCUT2D eigenvalue weighted by Gasteiger charge is 2.01. The Kier molecular flexibility index (Phi) is 2.40. The molecule has 0 bridgehead atoms. The molecule has 0 N–H and O–H groups in total. The van der Waals surface area contributed by atoms with Gasteiger partial charge in [-0.15, -0.1) is 0 Å². The zero-order valence-corrected chi connectivity index (χ0v) is 7.99. The number of methoxy groups -OCH3 is 1. The molecule has 0 unspecified atom stereocenters. The SMILES string of the molecule is COc1ncc(-n2cc(C=O)cn2)cn1. The zero-order valence-electron chi connectivity index (χ0n) is 7.99. The number of ether oxygens (including phenoxy) is 1. The van der Waals surface area contributed by atoms with Gasteiger partial charge < -0.3 is 4.74 Å². The van der Waals surface area contributed by atoms with E-state index >= 15 is 0 Å². The van der Waals surface area contributed by atoms with Crippen molar-refractivity contribution in [1.29, 1.82) is 0 Å². The quantitative estimate of drug-likeness (QED) is 0.680. The Bertz CT molecular complexity index is 463. The zero-order chi connectivity index (χ0) is 10.7. The van der Waals surface area contributed by atoms with Crippen LogP contribution in [0.5, 0.6) is 6.01 Å². The van der Waals surface area contributed by atoms with Crippen molar-refractivity contribution in [2.24, 2.45) is 0 Å². The van der Waals surface area contributed by atoms with Crippen molar-refractivity contribution >= 4 is 6.29 Å². The fourth-order valence-electron chi connectivity index (χ4n) is 1.07. The number of aromatic nitrogens is 4. The maximum absolute atomic E-state index is 10.4. The summed E-state index contributed by atoms with van der Waals surface area (Å²) in [6.45, 7) is 0. The van der Waals surface area contributed by atoms with Gasteiger partial charge in [0, 0.05) is 6.20 Å². The number of rotatable bonds is 3. The molecule has 2 heterocycles. The second kappa shape index (κ2) is 3.87. The molecule has 0 aliphatic heterocycles. The van der Waals surface area contributed by atoms with Crippen LogP contribution in [0.1, 0.15) is 10.4 Å². The molecule has 2 rings (SSSR count). The predicted molar refractivity (Wildman–Crippen MR) is 51.1 cm³/mol. The van der Waals surface area contributed by atoms with E-state index in [0.717, 1.165) is 6.29 Å². The first-order valence-corrected chi connectivity index (χ1v) is 4.20. The van der Waals surface area contributed by atoms with Gasteiger partial charge in [0.1, 0.15) is 5.69 Å². The van der Waals surface area contributed by atoms with Crippen molar-refractivity contribution in [2.75, 3.05) is 7.11 Å². The number of carbonyl (C=O) groups is 1. The van der Waals surface area contributed by atoms with Crippen LogP contribution in [0.3, 0.4) is 0 Å². The molecule has 0 aliphatic rings. The van der Waals surface area contributed by atoms with Crippen LogP contribution < -0.4 is 4.74 Å². The van der Waals surface area contributed by atoms with Crippen LogP contribution in [0.2, 0.25) is 0 Å². The highest BCUT2D eigenvalue weighted by Crippen LogP contribution is 2.07. The Balaban J connectivity index is 2.32. The minimum atomic E-state index is 0.293. The molecular formula is C9H8N4O2. The summed E-state index contributed by atoms with van der Waals surface area (Å²) in [5, 5.41) is 3.98. The molecule has 0 amide bonds. The van der Waals surface area contributed by atoms with Crippen LogP contribution >= 0.6 is 0 Å². The molecule has 15 heavy (non-hydrogen) atoms. The van der Waals surface area contributed by atoms with E-state index in [1.165, 1.54) is 18.0 Å². The molecule has 0 aliphatic carbocycles. The number of aldehydes is 1. The van der Waals surface area contributed by atoms with Gasteiger partial charge in [-0.2, -0.15) is 5.10 Å². The maximum atomic E-state index is 10.4. The van der Waals surface area contributed by atoms with Gasteiger partial charge in [0.15, 0.2) is 6.29 Å². The summed E-state index contributed by atoms with van der Waals surface area (Å²) < 4.78 is 6.34. The highest BCUT2D eigenvalue weighted by atomic mass is 16.5. The average molecular weight is 204 g/mol. The first-order chi connectivity index (χ1) is 7.33. The molecular weight excluding hydrogens is 196 g/mol. The fraction of sp³-hybridized carbons (Fsp3) is 0.111. The van der Waals surface area contributed by atoms with Crippen molar-refractivity contribution in [3.8, 4) is 11.7 Å². The minimum Gasteiger partial charge on any atom is -0.467 e. The number of carbonyl (C=O) groups excluding carboxylic acids is 1. The lowest BCUT2D eigenvalue weighted by atomic mass is 10.4. The van der Waals surface area contributed by atoms with E-state index in [0.29, 0.717) is 17.3 Å². The second-order valence-corrected chi connectivity index (χ2v) is 2.76. The lowest BCUT2D eigenvalue weighted by Gasteiger charge is -2.00. The molecule has 0 radical (unpaired) electrons. The standard InChI is InChI=1S/C9H8N4O2/c1-15-9-10-3-8(4-11-9)13-5-7(6-14)2-12-13/h2-6H,1H3. The molecule has 6 heteroatoms. The van der Waals surface area contributed by atoms with E-state index in [9.17, 15) is 4.79 Å². The van der Waals surface area contributed by atoms with E-state index in [1.54, 1.807) is 18.6 Å². The second-order valence-electron chi connectivity index (χ2n) is 2.76. The third-order valence-electron chi connectivity index (χ3n) is 1.80. The number of hydrogen-bond acceptors (Lipinski definition) is 5. The van der Waals surface area contributed by atoms with Gasteiger partial charge in [0.05, 0.1) is 31.3 Å². The summed E-state index contributed by atoms with van der Waals surface area (Å²) in [6, 6.07) is 0.293. The van der Waals surface area contributed by atoms with Gasteiger partial charge in [0.2, 0.25) is 0 Å². The van der Waals surface area contributed by atoms with Crippen LogP contribution in [0, 0.1) is 0 Å². The van der Waals surface area contributed by atoms with Gasteiger partial charge in [-0.1, -0.05) is 0 Å². The van der Waals surface area contributed by atoms with Crippen LogP contribution in [-0.2, 0) is 0 Å². The van der Waals surface area contributed by atoms with Gasteiger partial charge in [0.25, 0.3) is 0 Å². The molecule has 0 saturated heterocycles. The predicted octanol–water partition coefficient (Wildman–Crippen LogP) is 0.483.